The van der Waals surface area contributed by atoms with Crippen LogP contribution in [0.1, 0.15) is 11.1 Å². The maximum Gasteiger partial charge on any atom is 0.269 e. The Labute approximate surface area is 177 Å². The average molecular weight is 423 g/mol. The second kappa shape index (κ2) is 7.98. The molecule has 29 heavy (non-hydrogen) atoms. The van der Waals surface area contributed by atoms with Crippen LogP contribution in [0.2, 0.25) is 5.02 Å². The first-order valence-corrected chi connectivity index (χ1v) is 9.55. The number of fused-ring (bicyclic) bond motifs is 1. The number of nitro benzene ring substituents is 1. The van der Waals surface area contributed by atoms with E-state index in [-0.39, 0.29) is 10.8 Å². The maximum atomic E-state index is 10.8. The number of non-ortho nitro benzene ring substituents is 1. The fourth-order valence-corrected chi connectivity index (χ4v) is 3.47. The molecule has 144 valence electrons. The van der Waals surface area contributed by atoms with Crippen LogP contribution in [0.3, 0.4) is 0 Å². The molecular formula is C21H15ClN4O2S. The van der Waals surface area contributed by atoms with Crippen molar-refractivity contribution in [3.05, 3.63) is 99.1 Å². The molecule has 0 radical (unpaired) electrons. The SMILES string of the molecule is O=[N+]([O-])c1ccc(NC(=S)/N=C2/c3ccccc3CN2c2ccc(Cl)cc2)cc1. The zero-order chi connectivity index (χ0) is 20.4. The average Bonchev–Trinajstić information content (AvgIpc) is 3.07. The number of halogens is 1. The van der Waals surface area contributed by atoms with Crippen molar-refractivity contribution in [2.24, 2.45) is 4.99 Å². The van der Waals surface area contributed by atoms with E-state index in [1.807, 2.05) is 42.5 Å². The van der Waals surface area contributed by atoms with E-state index >= 15 is 0 Å². The molecule has 1 aliphatic heterocycles. The lowest BCUT2D eigenvalue weighted by Gasteiger charge is -2.19. The standard InChI is InChI=1S/C21H15ClN4O2S/c22-15-5-9-17(10-6-15)25-13-14-3-1-2-4-19(14)20(25)24-21(29)23-16-7-11-18(12-8-16)26(27)28/h1-12H,13H2,(H,23,29)/b24-20-. The quantitative estimate of drug-likeness (QED) is 0.347. The Morgan fingerprint density at radius 3 is 2.45 bits per heavy atom. The van der Waals surface area contributed by atoms with Gasteiger partial charge >= 0.3 is 0 Å². The Morgan fingerprint density at radius 2 is 1.76 bits per heavy atom. The number of hydrogen-bond acceptors (Lipinski definition) is 3. The molecule has 0 saturated carbocycles. The number of anilines is 2. The molecule has 0 spiro atoms. The maximum absolute atomic E-state index is 10.8. The molecule has 1 N–H and O–H groups in total. The summed E-state index contributed by atoms with van der Waals surface area (Å²) >= 11 is 11.5. The van der Waals surface area contributed by atoms with E-state index in [2.05, 4.69) is 21.3 Å². The van der Waals surface area contributed by atoms with E-state index in [9.17, 15) is 10.1 Å². The van der Waals surface area contributed by atoms with Gasteiger partial charge in [-0.2, -0.15) is 0 Å². The van der Waals surface area contributed by atoms with Crippen LogP contribution in [0.15, 0.2) is 77.8 Å². The fourth-order valence-electron chi connectivity index (χ4n) is 3.14. The number of hydrogen-bond donors (Lipinski definition) is 1. The molecule has 0 amide bonds. The van der Waals surface area contributed by atoms with E-state index in [0.717, 1.165) is 22.6 Å². The highest BCUT2D eigenvalue weighted by Gasteiger charge is 2.26. The van der Waals surface area contributed by atoms with Crippen molar-refractivity contribution in [1.82, 2.24) is 0 Å². The van der Waals surface area contributed by atoms with Crippen LogP contribution in [-0.4, -0.2) is 15.9 Å². The second-order valence-corrected chi connectivity index (χ2v) is 7.21. The normalized spacial score (nSPS) is 14.0. The highest BCUT2D eigenvalue weighted by molar-refractivity contribution is 7.80. The minimum absolute atomic E-state index is 0.0198. The predicted octanol–water partition coefficient (Wildman–Crippen LogP) is 5.41. The smallest absolute Gasteiger partial charge is 0.269 e. The van der Waals surface area contributed by atoms with Gasteiger partial charge in [-0.25, -0.2) is 4.99 Å². The van der Waals surface area contributed by atoms with Crippen molar-refractivity contribution in [3.8, 4) is 0 Å². The summed E-state index contributed by atoms with van der Waals surface area (Å²) in [4.78, 5) is 17.1. The van der Waals surface area contributed by atoms with Crippen LogP contribution in [-0.2, 0) is 6.54 Å². The van der Waals surface area contributed by atoms with Crippen molar-refractivity contribution < 1.29 is 4.92 Å². The van der Waals surface area contributed by atoms with Crippen molar-refractivity contribution >= 4 is 51.8 Å². The first-order chi connectivity index (χ1) is 14.0. The van der Waals surface area contributed by atoms with E-state index < -0.39 is 4.92 Å². The number of benzene rings is 3. The van der Waals surface area contributed by atoms with Gasteiger partial charge in [-0.05, 0) is 54.2 Å². The zero-order valence-corrected chi connectivity index (χ0v) is 16.7. The van der Waals surface area contributed by atoms with Crippen LogP contribution in [0, 0.1) is 10.1 Å². The lowest BCUT2D eigenvalue weighted by molar-refractivity contribution is -0.384. The summed E-state index contributed by atoms with van der Waals surface area (Å²) in [5.74, 6) is 0.738. The molecule has 0 bridgehead atoms. The summed E-state index contributed by atoms with van der Waals surface area (Å²) in [6, 6.07) is 21.6. The van der Waals surface area contributed by atoms with Gasteiger partial charge in [0.15, 0.2) is 5.11 Å². The van der Waals surface area contributed by atoms with E-state index in [4.69, 9.17) is 23.8 Å². The van der Waals surface area contributed by atoms with Gasteiger partial charge < -0.3 is 10.2 Å². The number of nitro groups is 1. The molecule has 3 aromatic carbocycles. The molecule has 1 heterocycles. The van der Waals surface area contributed by atoms with E-state index in [1.165, 1.54) is 12.1 Å². The molecule has 0 aliphatic carbocycles. The summed E-state index contributed by atoms with van der Waals surface area (Å²) in [5.41, 5.74) is 3.78. The number of rotatable bonds is 3. The van der Waals surface area contributed by atoms with E-state index in [0.29, 0.717) is 17.3 Å². The van der Waals surface area contributed by atoms with Crippen LogP contribution in [0.25, 0.3) is 0 Å². The monoisotopic (exact) mass is 422 g/mol. The first kappa shape index (κ1) is 19.0. The molecule has 8 heteroatoms. The molecule has 0 fully saturated rings. The molecule has 0 unspecified atom stereocenters. The number of nitrogens with one attached hydrogen (secondary N) is 1. The molecule has 6 nitrogen and oxygen atoms in total. The second-order valence-electron chi connectivity index (χ2n) is 6.39. The summed E-state index contributed by atoms with van der Waals surface area (Å²) in [5, 5.41) is 14.8. The molecule has 1 aliphatic rings. The van der Waals surface area contributed by atoms with Gasteiger partial charge in [0.2, 0.25) is 0 Å². The van der Waals surface area contributed by atoms with Crippen LogP contribution in [0.4, 0.5) is 17.1 Å². The van der Waals surface area contributed by atoms with Crippen LogP contribution in [0.5, 0.6) is 0 Å². The third-order valence-electron chi connectivity index (χ3n) is 4.52. The predicted molar refractivity (Wildman–Crippen MR) is 120 cm³/mol. The lowest BCUT2D eigenvalue weighted by Crippen LogP contribution is -2.26. The van der Waals surface area contributed by atoms with Gasteiger partial charge in [-0.1, -0.05) is 35.9 Å². The minimum Gasteiger partial charge on any atom is -0.331 e. The number of aliphatic imine (C=N–C) groups is 1. The number of nitrogens with zero attached hydrogens (tertiary/aromatic N) is 3. The molecule has 0 saturated heterocycles. The van der Waals surface area contributed by atoms with Gasteiger partial charge in [-0.3, -0.25) is 10.1 Å². The van der Waals surface area contributed by atoms with Gasteiger partial charge in [0.25, 0.3) is 5.69 Å². The molecular weight excluding hydrogens is 408 g/mol. The topological polar surface area (TPSA) is 70.8 Å². The Morgan fingerprint density at radius 1 is 1.07 bits per heavy atom. The highest BCUT2D eigenvalue weighted by Crippen LogP contribution is 2.30. The van der Waals surface area contributed by atoms with Crippen molar-refractivity contribution in [2.45, 2.75) is 6.54 Å². The summed E-state index contributed by atoms with van der Waals surface area (Å²) in [6.45, 7) is 0.677. The molecule has 4 rings (SSSR count). The zero-order valence-electron chi connectivity index (χ0n) is 15.1. The molecule has 3 aromatic rings. The number of amidine groups is 1. The van der Waals surface area contributed by atoms with E-state index in [1.54, 1.807) is 12.1 Å². The highest BCUT2D eigenvalue weighted by atomic mass is 35.5. The summed E-state index contributed by atoms with van der Waals surface area (Å²) in [6.07, 6.45) is 0. The fraction of sp³-hybridized carbons (Fsp3) is 0.0476. The Hall–Kier alpha value is -3.29. The largest absolute Gasteiger partial charge is 0.331 e. The Balaban J connectivity index is 1.63. The number of thiocarbonyl (C=S) groups is 1. The van der Waals surface area contributed by atoms with Crippen molar-refractivity contribution in [2.75, 3.05) is 10.2 Å². The van der Waals surface area contributed by atoms with Gasteiger partial charge in [0.05, 0.1) is 11.5 Å². The minimum atomic E-state index is -0.443. The summed E-state index contributed by atoms with van der Waals surface area (Å²) in [7, 11) is 0. The van der Waals surface area contributed by atoms with Crippen molar-refractivity contribution in [3.63, 3.8) is 0 Å². The third kappa shape index (κ3) is 4.11. The first-order valence-electron chi connectivity index (χ1n) is 8.77. The van der Waals surface area contributed by atoms with Crippen LogP contribution < -0.4 is 10.2 Å². The lowest BCUT2D eigenvalue weighted by atomic mass is 10.1. The van der Waals surface area contributed by atoms with Crippen molar-refractivity contribution in [1.29, 1.82) is 0 Å². The van der Waals surface area contributed by atoms with Gasteiger partial charge in [-0.15, -0.1) is 0 Å². The summed E-state index contributed by atoms with van der Waals surface area (Å²) < 4.78 is 0. The molecule has 0 atom stereocenters. The van der Waals surface area contributed by atoms with Gasteiger partial charge in [0.1, 0.15) is 5.84 Å². The van der Waals surface area contributed by atoms with Gasteiger partial charge in [0, 0.05) is 34.1 Å². The molecule has 0 aromatic heterocycles. The van der Waals surface area contributed by atoms with Crippen LogP contribution >= 0.6 is 23.8 Å². The third-order valence-corrected chi connectivity index (χ3v) is 4.96. The Kier molecular flexibility index (Phi) is 5.24. The Bertz CT molecular complexity index is 1110.